The topological polar surface area (TPSA) is 102 Å². The van der Waals surface area contributed by atoms with Gasteiger partial charge in [-0.05, 0) is 37.0 Å². The monoisotopic (exact) mass is 309 g/mol. The minimum absolute atomic E-state index is 0.0219. The Balaban J connectivity index is 2.26. The van der Waals surface area contributed by atoms with Crippen molar-refractivity contribution >= 4 is 15.7 Å². The minimum Gasteiger partial charge on any atom is -0.395 e. The van der Waals surface area contributed by atoms with E-state index in [4.69, 9.17) is 10.4 Å². The second-order valence-corrected chi connectivity index (χ2v) is 7.05. The van der Waals surface area contributed by atoms with E-state index < -0.39 is 10.0 Å². The van der Waals surface area contributed by atoms with Crippen molar-refractivity contribution in [3.63, 3.8) is 0 Å². The summed E-state index contributed by atoms with van der Waals surface area (Å²) in [5.74, 6) is 0.547. The smallest absolute Gasteiger partial charge is 0.242 e. The standard InChI is InChI=1S/C14H19N3O3S/c1-10-6-12(7-10)17-21(19,20)14-3-2-11(9-15)8-13(14)16-4-5-18/h2-3,8,10,12,16-18H,4-7H2,1H3. The van der Waals surface area contributed by atoms with Crippen LogP contribution >= 0.6 is 0 Å². The molecule has 0 bridgehead atoms. The van der Waals surface area contributed by atoms with Crippen LogP contribution in [0.5, 0.6) is 0 Å². The normalized spacial score (nSPS) is 21.4. The second kappa shape index (κ2) is 6.43. The maximum absolute atomic E-state index is 12.4. The third-order valence-electron chi connectivity index (χ3n) is 3.52. The molecular formula is C14H19N3O3S. The average Bonchev–Trinajstić information content (AvgIpc) is 2.42. The van der Waals surface area contributed by atoms with E-state index in [1.54, 1.807) is 0 Å². The van der Waals surface area contributed by atoms with Crippen LogP contribution in [0.2, 0.25) is 0 Å². The number of rotatable bonds is 6. The molecule has 1 saturated carbocycles. The quantitative estimate of drug-likeness (QED) is 0.728. The third-order valence-corrected chi connectivity index (χ3v) is 5.10. The molecule has 1 aromatic rings. The van der Waals surface area contributed by atoms with Gasteiger partial charge in [0, 0.05) is 12.6 Å². The summed E-state index contributed by atoms with van der Waals surface area (Å²) >= 11 is 0. The van der Waals surface area contributed by atoms with Gasteiger partial charge in [-0.2, -0.15) is 5.26 Å². The largest absolute Gasteiger partial charge is 0.395 e. The maximum Gasteiger partial charge on any atom is 0.242 e. The van der Waals surface area contributed by atoms with Gasteiger partial charge in [0.2, 0.25) is 10.0 Å². The Morgan fingerprint density at radius 3 is 2.71 bits per heavy atom. The first-order chi connectivity index (χ1) is 9.96. The van der Waals surface area contributed by atoms with Gasteiger partial charge in [-0.25, -0.2) is 13.1 Å². The van der Waals surface area contributed by atoms with Crippen molar-refractivity contribution in [3.8, 4) is 6.07 Å². The van der Waals surface area contributed by atoms with E-state index in [9.17, 15) is 8.42 Å². The van der Waals surface area contributed by atoms with Crippen molar-refractivity contribution in [1.29, 1.82) is 5.26 Å². The van der Waals surface area contributed by atoms with E-state index in [1.807, 2.05) is 6.07 Å². The molecule has 0 radical (unpaired) electrons. The van der Waals surface area contributed by atoms with Crippen LogP contribution in [0.3, 0.4) is 0 Å². The number of nitrogens with zero attached hydrogens (tertiary/aromatic N) is 1. The lowest BCUT2D eigenvalue weighted by Gasteiger charge is -2.33. The Kier molecular flexibility index (Phi) is 4.83. The lowest BCUT2D eigenvalue weighted by molar-refractivity contribution is 0.270. The summed E-state index contributed by atoms with van der Waals surface area (Å²) in [7, 11) is -3.63. The number of nitrogens with one attached hydrogen (secondary N) is 2. The molecule has 1 fully saturated rings. The first kappa shape index (κ1) is 15.8. The van der Waals surface area contributed by atoms with Crippen LogP contribution in [0.4, 0.5) is 5.69 Å². The van der Waals surface area contributed by atoms with E-state index in [1.165, 1.54) is 18.2 Å². The zero-order chi connectivity index (χ0) is 15.5. The molecule has 0 aliphatic heterocycles. The molecule has 0 heterocycles. The molecule has 2 rings (SSSR count). The first-order valence-electron chi connectivity index (χ1n) is 6.87. The molecule has 0 spiro atoms. The fourth-order valence-corrected chi connectivity index (χ4v) is 3.87. The molecule has 21 heavy (non-hydrogen) atoms. The molecular weight excluding hydrogens is 290 g/mol. The summed E-state index contributed by atoms with van der Waals surface area (Å²) in [5.41, 5.74) is 0.703. The molecule has 1 aromatic carbocycles. The molecule has 0 saturated heterocycles. The van der Waals surface area contributed by atoms with Crippen molar-refractivity contribution in [3.05, 3.63) is 23.8 Å². The number of hydrogen-bond donors (Lipinski definition) is 3. The summed E-state index contributed by atoms with van der Waals surface area (Å²) in [6, 6.07) is 6.33. The number of nitriles is 1. The number of sulfonamides is 1. The lowest BCUT2D eigenvalue weighted by atomic mass is 9.83. The van der Waals surface area contributed by atoms with Crippen molar-refractivity contribution < 1.29 is 13.5 Å². The van der Waals surface area contributed by atoms with Crippen LogP contribution in [-0.4, -0.2) is 32.7 Å². The van der Waals surface area contributed by atoms with Gasteiger partial charge in [-0.3, -0.25) is 0 Å². The van der Waals surface area contributed by atoms with Crippen LogP contribution in [0.25, 0.3) is 0 Å². The predicted molar refractivity (Wildman–Crippen MR) is 79.2 cm³/mol. The highest BCUT2D eigenvalue weighted by atomic mass is 32.2. The molecule has 0 unspecified atom stereocenters. The Labute approximate surface area is 124 Å². The van der Waals surface area contributed by atoms with Gasteiger partial charge in [-0.15, -0.1) is 0 Å². The highest BCUT2D eigenvalue weighted by Crippen LogP contribution is 2.29. The van der Waals surface area contributed by atoms with Crippen LogP contribution < -0.4 is 10.0 Å². The number of aliphatic hydroxyl groups is 1. The maximum atomic E-state index is 12.4. The summed E-state index contributed by atoms with van der Waals surface area (Å²) in [6.45, 7) is 2.18. The van der Waals surface area contributed by atoms with Crippen LogP contribution in [0.15, 0.2) is 23.1 Å². The molecule has 0 amide bonds. The van der Waals surface area contributed by atoms with Gasteiger partial charge in [0.1, 0.15) is 4.90 Å². The second-order valence-electron chi connectivity index (χ2n) is 5.37. The van der Waals surface area contributed by atoms with Crippen molar-refractivity contribution in [2.24, 2.45) is 5.92 Å². The SMILES string of the molecule is CC1CC(NS(=O)(=O)c2ccc(C#N)cc2NCCO)C1. The van der Waals surface area contributed by atoms with Gasteiger partial charge >= 0.3 is 0 Å². The van der Waals surface area contributed by atoms with Crippen molar-refractivity contribution in [1.82, 2.24) is 4.72 Å². The lowest BCUT2D eigenvalue weighted by Crippen LogP contribution is -2.43. The van der Waals surface area contributed by atoms with Crippen LogP contribution in [0.1, 0.15) is 25.3 Å². The van der Waals surface area contributed by atoms with Gasteiger partial charge in [-0.1, -0.05) is 6.92 Å². The van der Waals surface area contributed by atoms with E-state index in [2.05, 4.69) is 17.0 Å². The van der Waals surface area contributed by atoms with Gasteiger partial charge in [0.05, 0.1) is 23.9 Å². The predicted octanol–water partition coefficient (Wildman–Crippen LogP) is 1.04. The van der Waals surface area contributed by atoms with Crippen LogP contribution in [-0.2, 0) is 10.0 Å². The molecule has 7 heteroatoms. The number of benzene rings is 1. The molecule has 1 aliphatic rings. The van der Waals surface area contributed by atoms with Gasteiger partial charge in [0.25, 0.3) is 0 Å². The van der Waals surface area contributed by atoms with Gasteiger partial charge < -0.3 is 10.4 Å². The molecule has 114 valence electrons. The van der Waals surface area contributed by atoms with Crippen molar-refractivity contribution in [2.45, 2.75) is 30.7 Å². The highest BCUT2D eigenvalue weighted by Gasteiger charge is 2.30. The fourth-order valence-electron chi connectivity index (χ4n) is 2.44. The fraction of sp³-hybridized carbons (Fsp3) is 0.500. The van der Waals surface area contributed by atoms with Crippen molar-refractivity contribution in [2.75, 3.05) is 18.5 Å². The Morgan fingerprint density at radius 1 is 1.43 bits per heavy atom. The average molecular weight is 309 g/mol. The zero-order valence-corrected chi connectivity index (χ0v) is 12.7. The first-order valence-corrected chi connectivity index (χ1v) is 8.36. The Hall–Kier alpha value is -1.62. The zero-order valence-electron chi connectivity index (χ0n) is 11.8. The summed E-state index contributed by atoms with van der Waals surface area (Å²) < 4.78 is 27.5. The number of hydrogen-bond acceptors (Lipinski definition) is 5. The van der Waals surface area contributed by atoms with Gasteiger partial charge in [0.15, 0.2) is 0 Å². The third kappa shape index (κ3) is 3.73. The summed E-state index contributed by atoms with van der Waals surface area (Å²) in [5, 5.41) is 20.6. The van der Waals surface area contributed by atoms with Crippen LogP contribution in [0, 0.1) is 17.2 Å². The highest BCUT2D eigenvalue weighted by molar-refractivity contribution is 7.89. The van der Waals surface area contributed by atoms with E-state index in [0.717, 1.165) is 12.8 Å². The molecule has 0 aromatic heterocycles. The molecule has 1 aliphatic carbocycles. The molecule has 3 N–H and O–H groups in total. The summed E-state index contributed by atoms with van der Waals surface area (Å²) in [6.07, 6.45) is 1.68. The Morgan fingerprint density at radius 2 is 2.14 bits per heavy atom. The number of aliphatic hydroxyl groups excluding tert-OH is 1. The summed E-state index contributed by atoms with van der Waals surface area (Å²) in [4.78, 5) is 0.106. The van der Waals surface area contributed by atoms with E-state index in [0.29, 0.717) is 17.2 Å². The number of anilines is 1. The minimum atomic E-state index is -3.63. The Bertz CT molecular complexity index is 646. The van der Waals surface area contributed by atoms with E-state index >= 15 is 0 Å². The molecule has 6 nitrogen and oxygen atoms in total. The molecule has 0 atom stereocenters. The van der Waals surface area contributed by atoms with E-state index in [-0.39, 0.29) is 24.1 Å².